The number of piperidine rings is 1. The fourth-order valence-electron chi connectivity index (χ4n) is 4.64. The van der Waals surface area contributed by atoms with E-state index in [9.17, 15) is 18.0 Å². The average molecular weight is 459 g/mol. The quantitative estimate of drug-likeness (QED) is 0.746. The van der Waals surface area contributed by atoms with Gasteiger partial charge in [0.2, 0.25) is 5.91 Å². The van der Waals surface area contributed by atoms with Crippen molar-refractivity contribution in [3.63, 3.8) is 0 Å². The summed E-state index contributed by atoms with van der Waals surface area (Å²) in [6.07, 6.45) is -2.76. The molecule has 0 aromatic heterocycles. The van der Waals surface area contributed by atoms with Gasteiger partial charge in [0.15, 0.2) is 0 Å². The van der Waals surface area contributed by atoms with Gasteiger partial charge in [0.05, 0.1) is 6.61 Å². The summed E-state index contributed by atoms with van der Waals surface area (Å²) in [4.78, 5) is 25.4. The molecule has 2 heterocycles. The van der Waals surface area contributed by atoms with E-state index in [4.69, 9.17) is 14.6 Å². The lowest BCUT2D eigenvalue weighted by atomic mass is 9.71. The van der Waals surface area contributed by atoms with Crippen LogP contribution < -0.4 is 0 Å². The number of carboxylic acids is 1. The SMILES string of the molecule is COCC1CN(C(C)=O)CC12CCN(Cc1cc(C)ccc1C)CC2.O=C(O)C(F)(F)F. The molecule has 3 rings (SSSR count). The van der Waals surface area contributed by atoms with Crippen molar-refractivity contribution in [2.24, 2.45) is 11.3 Å². The van der Waals surface area contributed by atoms with Crippen LogP contribution >= 0.6 is 0 Å². The van der Waals surface area contributed by atoms with Crippen LogP contribution in [0.25, 0.3) is 0 Å². The summed E-state index contributed by atoms with van der Waals surface area (Å²) >= 11 is 0. The minimum Gasteiger partial charge on any atom is -0.475 e. The first-order valence-corrected chi connectivity index (χ1v) is 10.7. The number of hydrogen-bond acceptors (Lipinski definition) is 4. The van der Waals surface area contributed by atoms with Crippen molar-refractivity contribution in [2.75, 3.05) is 39.9 Å². The molecule has 32 heavy (non-hydrogen) atoms. The van der Waals surface area contributed by atoms with Crippen LogP contribution in [-0.2, 0) is 20.9 Å². The summed E-state index contributed by atoms with van der Waals surface area (Å²) < 4.78 is 37.2. The van der Waals surface area contributed by atoms with E-state index < -0.39 is 12.1 Å². The van der Waals surface area contributed by atoms with Crippen molar-refractivity contribution >= 4 is 11.9 Å². The number of carboxylic acid groups (broad SMARTS) is 1. The monoisotopic (exact) mass is 458 g/mol. The molecule has 2 aliphatic heterocycles. The zero-order chi connectivity index (χ0) is 24.1. The predicted octanol–water partition coefficient (Wildman–Crippen LogP) is 3.64. The molecule has 0 radical (unpaired) electrons. The molecule has 0 saturated carbocycles. The number of methoxy groups -OCH3 is 1. The number of amides is 1. The number of aliphatic carboxylic acids is 1. The van der Waals surface area contributed by atoms with Crippen LogP contribution in [0.15, 0.2) is 18.2 Å². The molecule has 1 spiro atoms. The molecule has 0 bridgehead atoms. The summed E-state index contributed by atoms with van der Waals surface area (Å²) in [7, 11) is 1.78. The smallest absolute Gasteiger partial charge is 0.475 e. The first-order valence-electron chi connectivity index (χ1n) is 10.7. The first-order chi connectivity index (χ1) is 14.9. The normalized spacial score (nSPS) is 20.7. The van der Waals surface area contributed by atoms with Gasteiger partial charge in [0, 0.05) is 39.6 Å². The number of alkyl halides is 3. The molecular formula is C23H33F3N2O4. The largest absolute Gasteiger partial charge is 0.490 e. The van der Waals surface area contributed by atoms with Crippen molar-refractivity contribution in [3.8, 4) is 0 Å². The summed E-state index contributed by atoms with van der Waals surface area (Å²) in [5.41, 5.74) is 4.41. The lowest BCUT2D eigenvalue weighted by molar-refractivity contribution is -0.192. The van der Waals surface area contributed by atoms with Crippen LogP contribution in [0.5, 0.6) is 0 Å². The van der Waals surface area contributed by atoms with Crippen LogP contribution in [-0.4, -0.2) is 72.9 Å². The highest BCUT2D eigenvalue weighted by molar-refractivity contribution is 5.73. The van der Waals surface area contributed by atoms with Gasteiger partial charge in [-0.25, -0.2) is 4.79 Å². The second-order valence-corrected chi connectivity index (χ2v) is 8.92. The standard InChI is InChI=1S/C21H32N2O2.C2HF3O2/c1-16-5-6-17(2)19(11-16)12-22-9-7-21(8-10-22)15-23(18(3)24)13-20(21)14-25-4;3-2(4,5)1(6)7/h5-6,11,20H,7-10,12-15H2,1-4H3;(H,6,7). The van der Waals surface area contributed by atoms with Crippen LogP contribution in [0.2, 0.25) is 0 Å². The van der Waals surface area contributed by atoms with E-state index in [1.807, 2.05) is 4.90 Å². The maximum Gasteiger partial charge on any atom is 0.490 e. The molecule has 9 heteroatoms. The maximum atomic E-state index is 11.9. The average Bonchev–Trinajstić information content (AvgIpc) is 3.05. The summed E-state index contributed by atoms with van der Waals surface area (Å²) in [6.45, 7) is 11.9. The number of ether oxygens (including phenoxy) is 1. The molecule has 6 nitrogen and oxygen atoms in total. The molecule has 1 atom stereocenters. The summed E-state index contributed by atoms with van der Waals surface area (Å²) in [5.74, 6) is -2.08. The van der Waals surface area contributed by atoms with E-state index in [-0.39, 0.29) is 11.3 Å². The molecule has 1 aromatic rings. The Morgan fingerprint density at radius 1 is 1.22 bits per heavy atom. The molecule has 1 aromatic carbocycles. The number of hydrogen-bond donors (Lipinski definition) is 1. The molecular weight excluding hydrogens is 425 g/mol. The Kier molecular flexibility index (Phi) is 8.70. The third-order valence-electron chi connectivity index (χ3n) is 6.62. The van der Waals surface area contributed by atoms with E-state index in [0.717, 1.165) is 52.2 Å². The molecule has 180 valence electrons. The molecule has 0 aliphatic carbocycles. The third kappa shape index (κ3) is 6.68. The topological polar surface area (TPSA) is 70.1 Å². The van der Waals surface area contributed by atoms with Crippen molar-refractivity contribution < 1.29 is 32.6 Å². The molecule has 2 saturated heterocycles. The fraction of sp³-hybridized carbons (Fsp3) is 0.652. The van der Waals surface area contributed by atoms with Crippen LogP contribution in [0.3, 0.4) is 0 Å². The van der Waals surface area contributed by atoms with Crippen molar-refractivity contribution in [1.82, 2.24) is 9.80 Å². The van der Waals surface area contributed by atoms with Crippen LogP contribution in [0.1, 0.15) is 36.5 Å². The third-order valence-corrected chi connectivity index (χ3v) is 6.62. The zero-order valence-corrected chi connectivity index (χ0v) is 19.2. The highest BCUT2D eigenvalue weighted by atomic mass is 19.4. The summed E-state index contributed by atoms with van der Waals surface area (Å²) in [5, 5.41) is 7.12. The highest BCUT2D eigenvalue weighted by Crippen LogP contribution is 2.45. The molecule has 2 aliphatic rings. The fourth-order valence-corrected chi connectivity index (χ4v) is 4.64. The lowest BCUT2D eigenvalue weighted by Crippen LogP contribution is -2.45. The van der Waals surface area contributed by atoms with E-state index in [1.165, 1.54) is 16.7 Å². The van der Waals surface area contributed by atoms with Crippen molar-refractivity contribution in [3.05, 3.63) is 34.9 Å². The Hall–Kier alpha value is -2.13. The Morgan fingerprint density at radius 3 is 2.31 bits per heavy atom. The van der Waals surface area contributed by atoms with Crippen molar-refractivity contribution in [2.45, 2.75) is 46.3 Å². The number of carbonyl (C=O) groups is 2. The van der Waals surface area contributed by atoms with Gasteiger partial charge < -0.3 is 14.7 Å². The number of likely N-dealkylation sites (tertiary alicyclic amines) is 2. The van der Waals surface area contributed by atoms with Gasteiger partial charge in [-0.2, -0.15) is 13.2 Å². The van der Waals surface area contributed by atoms with Crippen LogP contribution in [0.4, 0.5) is 13.2 Å². The van der Waals surface area contributed by atoms with E-state index >= 15 is 0 Å². The lowest BCUT2D eigenvalue weighted by Gasteiger charge is -2.42. The van der Waals surface area contributed by atoms with Gasteiger partial charge in [0.25, 0.3) is 0 Å². The second kappa shape index (κ2) is 10.7. The van der Waals surface area contributed by atoms with Gasteiger partial charge >= 0.3 is 12.1 Å². The Bertz CT molecular complexity index is 805. The number of halogens is 3. The second-order valence-electron chi connectivity index (χ2n) is 8.92. The molecule has 1 N–H and O–H groups in total. The van der Waals surface area contributed by atoms with Gasteiger partial charge in [-0.1, -0.05) is 23.8 Å². The maximum absolute atomic E-state index is 11.9. The predicted molar refractivity (Wildman–Crippen MR) is 114 cm³/mol. The summed E-state index contributed by atoms with van der Waals surface area (Å²) in [6, 6.07) is 6.74. The Balaban J connectivity index is 0.000000451. The van der Waals surface area contributed by atoms with E-state index in [2.05, 4.69) is 36.9 Å². The van der Waals surface area contributed by atoms with Crippen LogP contribution in [0, 0.1) is 25.2 Å². The van der Waals surface area contributed by atoms with E-state index in [0.29, 0.717) is 5.92 Å². The number of aryl methyl sites for hydroxylation is 2. The van der Waals surface area contributed by atoms with Gasteiger partial charge in [-0.05, 0) is 56.3 Å². The number of carbonyl (C=O) groups excluding carboxylic acids is 1. The Morgan fingerprint density at radius 2 is 1.81 bits per heavy atom. The molecule has 1 amide bonds. The van der Waals surface area contributed by atoms with Gasteiger partial charge in [-0.3, -0.25) is 9.69 Å². The minimum absolute atomic E-state index is 0.204. The number of rotatable bonds is 4. The van der Waals surface area contributed by atoms with Crippen molar-refractivity contribution in [1.29, 1.82) is 0 Å². The van der Waals surface area contributed by atoms with Gasteiger partial charge in [-0.15, -0.1) is 0 Å². The van der Waals surface area contributed by atoms with E-state index in [1.54, 1.807) is 14.0 Å². The zero-order valence-electron chi connectivity index (χ0n) is 19.2. The minimum atomic E-state index is -5.08. The molecule has 1 unspecified atom stereocenters. The number of nitrogens with zero attached hydrogens (tertiary/aromatic N) is 2. The molecule has 2 fully saturated rings. The van der Waals surface area contributed by atoms with Gasteiger partial charge in [0.1, 0.15) is 0 Å². The highest BCUT2D eigenvalue weighted by Gasteiger charge is 2.48. The Labute approximate surface area is 187 Å². The first kappa shape index (κ1) is 26.1. The number of benzene rings is 1.